The van der Waals surface area contributed by atoms with Crippen LogP contribution in [0.3, 0.4) is 0 Å². The van der Waals surface area contributed by atoms with E-state index in [1.165, 1.54) is 12.5 Å². The van der Waals surface area contributed by atoms with Crippen molar-refractivity contribution in [2.24, 2.45) is 28.6 Å². The predicted octanol–water partition coefficient (Wildman–Crippen LogP) is 4.77. The molecule has 0 amide bonds. The molecule has 4 aliphatic rings. The van der Waals surface area contributed by atoms with Crippen molar-refractivity contribution < 1.29 is 19.7 Å². The van der Waals surface area contributed by atoms with Gasteiger partial charge in [0.25, 0.3) is 0 Å². The van der Waals surface area contributed by atoms with E-state index in [0.29, 0.717) is 24.2 Å². The van der Waals surface area contributed by atoms with Gasteiger partial charge in [-0.25, -0.2) is 0 Å². The molecule has 0 bridgehead atoms. The van der Waals surface area contributed by atoms with E-state index in [0.717, 1.165) is 51.4 Å². The summed E-state index contributed by atoms with van der Waals surface area (Å²) >= 11 is 0. The molecule has 0 aromatic heterocycles. The summed E-state index contributed by atoms with van der Waals surface area (Å²) in [5, 5.41) is 22.1. The topological polar surface area (TPSA) is 66.8 Å². The summed E-state index contributed by atoms with van der Waals surface area (Å²) in [6, 6.07) is 0. The highest BCUT2D eigenvalue weighted by atomic mass is 16.5. The standard InChI is InChI=1S/C25H40O4/c1-16(26)29-18-8-11-23(4)17(14-18)6-7-19-20(23)9-12-24(5)21(19)10-13-25(24,28)15-22(2,3)27/h6,18-21,27-28H,7-15H2,1-5H3/t18-,19+,20-,21-,23+,24-,25-/m1/s1. The second kappa shape index (κ2) is 6.82. The number of allylic oxidation sites excluding steroid dienone is 1. The Labute approximate surface area is 176 Å². The van der Waals surface area contributed by atoms with Gasteiger partial charge in [0, 0.05) is 19.8 Å². The van der Waals surface area contributed by atoms with Crippen molar-refractivity contribution in [3.05, 3.63) is 11.6 Å². The van der Waals surface area contributed by atoms with E-state index in [9.17, 15) is 15.0 Å². The molecule has 4 aliphatic carbocycles. The lowest BCUT2D eigenvalue weighted by molar-refractivity contribution is -0.154. The highest BCUT2D eigenvalue weighted by molar-refractivity contribution is 5.66. The van der Waals surface area contributed by atoms with E-state index in [4.69, 9.17) is 4.74 Å². The van der Waals surface area contributed by atoms with Crippen molar-refractivity contribution in [2.75, 3.05) is 0 Å². The Balaban J connectivity index is 1.58. The van der Waals surface area contributed by atoms with Crippen LogP contribution in [-0.4, -0.2) is 33.5 Å². The maximum absolute atomic E-state index is 11.7. The average Bonchev–Trinajstić information content (AvgIpc) is 2.84. The molecule has 7 atom stereocenters. The molecule has 29 heavy (non-hydrogen) atoms. The van der Waals surface area contributed by atoms with E-state index >= 15 is 0 Å². The van der Waals surface area contributed by atoms with Crippen molar-refractivity contribution in [2.45, 2.75) is 110 Å². The third-order valence-electron chi connectivity index (χ3n) is 9.44. The third-order valence-corrected chi connectivity index (χ3v) is 9.44. The lowest BCUT2D eigenvalue weighted by atomic mass is 9.46. The summed E-state index contributed by atoms with van der Waals surface area (Å²) in [4.78, 5) is 11.4. The van der Waals surface area contributed by atoms with Crippen LogP contribution in [-0.2, 0) is 9.53 Å². The largest absolute Gasteiger partial charge is 0.462 e. The zero-order valence-electron chi connectivity index (χ0n) is 19.0. The fourth-order valence-electron chi connectivity index (χ4n) is 8.08. The molecule has 0 heterocycles. The zero-order chi connectivity index (χ0) is 21.2. The van der Waals surface area contributed by atoms with Crippen molar-refractivity contribution in [3.8, 4) is 0 Å². The number of hydrogen-bond donors (Lipinski definition) is 2. The van der Waals surface area contributed by atoms with E-state index in [1.807, 2.05) is 13.8 Å². The summed E-state index contributed by atoms with van der Waals surface area (Å²) < 4.78 is 5.54. The fourth-order valence-corrected chi connectivity index (χ4v) is 8.08. The third kappa shape index (κ3) is 3.39. The quantitative estimate of drug-likeness (QED) is 0.525. The molecular formula is C25H40O4. The molecule has 0 aromatic carbocycles. The summed E-state index contributed by atoms with van der Waals surface area (Å²) in [5.74, 6) is 1.62. The van der Waals surface area contributed by atoms with Gasteiger partial charge in [0.15, 0.2) is 0 Å². The minimum atomic E-state index is -0.843. The van der Waals surface area contributed by atoms with Crippen LogP contribution in [0.25, 0.3) is 0 Å². The molecule has 164 valence electrons. The van der Waals surface area contributed by atoms with Crippen LogP contribution < -0.4 is 0 Å². The molecule has 0 radical (unpaired) electrons. The summed E-state index contributed by atoms with van der Waals surface area (Å²) in [6.45, 7) is 9.90. The summed E-state index contributed by atoms with van der Waals surface area (Å²) in [6.07, 6.45) is 11.1. The number of hydrogen-bond acceptors (Lipinski definition) is 4. The van der Waals surface area contributed by atoms with Crippen LogP contribution in [0.1, 0.15) is 92.4 Å². The van der Waals surface area contributed by atoms with Crippen LogP contribution in [0.5, 0.6) is 0 Å². The molecule has 0 unspecified atom stereocenters. The minimum Gasteiger partial charge on any atom is -0.462 e. The molecule has 0 aromatic rings. The maximum Gasteiger partial charge on any atom is 0.302 e. The van der Waals surface area contributed by atoms with Gasteiger partial charge in [-0.15, -0.1) is 0 Å². The van der Waals surface area contributed by atoms with Crippen LogP contribution in [0.15, 0.2) is 11.6 Å². The Bertz CT molecular complexity index is 706. The lowest BCUT2D eigenvalue weighted by Gasteiger charge is -2.59. The van der Waals surface area contributed by atoms with Crippen molar-refractivity contribution in [1.82, 2.24) is 0 Å². The Morgan fingerprint density at radius 2 is 1.86 bits per heavy atom. The Morgan fingerprint density at radius 1 is 1.17 bits per heavy atom. The van der Waals surface area contributed by atoms with Gasteiger partial charge in [-0.1, -0.05) is 25.5 Å². The number of esters is 1. The SMILES string of the molecule is CC(=O)O[C@@H]1CC[C@@]2(C)C(=CC[C@H]3[C@H]2CC[C@]2(C)[C@@H]3CC[C@@]2(O)CC(C)(C)O)C1. The first-order chi connectivity index (χ1) is 13.4. The van der Waals surface area contributed by atoms with Gasteiger partial charge in [-0.2, -0.15) is 0 Å². The number of aliphatic hydroxyl groups is 2. The van der Waals surface area contributed by atoms with Crippen molar-refractivity contribution in [3.63, 3.8) is 0 Å². The molecule has 0 aliphatic heterocycles. The molecule has 2 N–H and O–H groups in total. The Kier molecular flexibility index (Phi) is 5.02. The maximum atomic E-state index is 11.7. The van der Waals surface area contributed by atoms with Crippen LogP contribution in [0, 0.1) is 28.6 Å². The van der Waals surface area contributed by atoms with Gasteiger partial charge in [-0.3, -0.25) is 4.79 Å². The van der Waals surface area contributed by atoms with Crippen LogP contribution >= 0.6 is 0 Å². The second-order valence-electron chi connectivity index (χ2n) is 11.7. The van der Waals surface area contributed by atoms with E-state index in [1.54, 1.807) is 0 Å². The molecule has 4 rings (SSSR count). The van der Waals surface area contributed by atoms with Crippen molar-refractivity contribution >= 4 is 5.97 Å². The van der Waals surface area contributed by atoms with Crippen LogP contribution in [0.4, 0.5) is 0 Å². The number of carbonyl (C=O) groups is 1. The molecular weight excluding hydrogens is 364 g/mol. The smallest absolute Gasteiger partial charge is 0.302 e. The normalized spacial score (nSPS) is 46.9. The second-order valence-corrected chi connectivity index (χ2v) is 11.7. The first-order valence-electron chi connectivity index (χ1n) is 11.7. The highest BCUT2D eigenvalue weighted by Crippen LogP contribution is 2.68. The fraction of sp³-hybridized carbons (Fsp3) is 0.880. The first kappa shape index (κ1) is 21.4. The average molecular weight is 405 g/mol. The number of rotatable bonds is 3. The number of carbonyl (C=O) groups excluding carboxylic acids is 1. The molecule has 4 heteroatoms. The van der Waals surface area contributed by atoms with Gasteiger partial charge in [0.2, 0.25) is 0 Å². The van der Waals surface area contributed by atoms with E-state index < -0.39 is 11.2 Å². The van der Waals surface area contributed by atoms with Gasteiger partial charge in [0.1, 0.15) is 6.10 Å². The zero-order valence-corrected chi connectivity index (χ0v) is 19.0. The van der Waals surface area contributed by atoms with Gasteiger partial charge >= 0.3 is 5.97 Å². The Morgan fingerprint density at radius 3 is 2.52 bits per heavy atom. The summed E-state index contributed by atoms with van der Waals surface area (Å²) in [7, 11) is 0. The monoisotopic (exact) mass is 404 g/mol. The number of fused-ring (bicyclic) bond motifs is 5. The summed E-state index contributed by atoms with van der Waals surface area (Å²) in [5.41, 5.74) is -0.00403. The van der Waals surface area contributed by atoms with Gasteiger partial charge < -0.3 is 14.9 Å². The number of ether oxygens (including phenoxy) is 1. The highest BCUT2D eigenvalue weighted by Gasteiger charge is 2.64. The lowest BCUT2D eigenvalue weighted by Crippen LogP contribution is -2.56. The van der Waals surface area contributed by atoms with E-state index in [-0.39, 0.29) is 22.9 Å². The molecule has 0 spiro atoms. The predicted molar refractivity (Wildman–Crippen MR) is 113 cm³/mol. The Hall–Kier alpha value is -0.870. The van der Waals surface area contributed by atoms with Crippen molar-refractivity contribution in [1.29, 1.82) is 0 Å². The molecule has 3 saturated carbocycles. The van der Waals surface area contributed by atoms with Crippen LogP contribution in [0.2, 0.25) is 0 Å². The molecule has 4 nitrogen and oxygen atoms in total. The van der Waals surface area contributed by atoms with Gasteiger partial charge in [0.05, 0.1) is 11.2 Å². The molecule has 0 saturated heterocycles. The first-order valence-corrected chi connectivity index (χ1v) is 11.7. The molecule has 3 fully saturated rings. The minimum absolute atomic E-state index is 0.0422. The van der Waals surface area contributed by atoms with Gasteiger partial charge in [-0.05, 0) is 87.4 Å². The van der Waals surface area contributed by atoms with E-state index in [2.05, 4.69) is 19.9 Å².